The molecule has 1 aromatic rings. The molecule has 0 amide bonds. The number of hydrogen-bond donors (Lipinski definition) is 2. The van der Waals surface area contributed by atoms with E-state index < -0.39 is 0 Å². The van der Waals surface area contributed by atoms with Crippen LogP contribution < -0.4 is 16.0 Å². The summed E-state index contributed by atoms with van der Waals surface area (Å²) in [4.78, 5) is 10.8. The van der Waals surface area contributed by atoms with Gasteiger partial charge in [-0.05, 0) is 44.2 Å². The zero-order chi connectivity index (χ0) is 13.0. The molecule has 1 aliphatic rings. The predicted molar refractivity (Wildman–Crippen MR) is 74.8 cm³/mol. The van der Waals surface area contributed by atoms with Crippen LogP contribution in [0.1, 0.15) is 25.7 Å². The van der Waals surface area contributed by atoms with Crippen LogP contribution in [0.4, 0.5) is 11.8 Å². The Morgan fingerprint density at radius 1 is 1.33 bits per heavy atom. The molecule has 1 aromatic heterocycles. The van der Waals surface area contributed by atoms with Crippen molar-refractivity contribution in [2.45, 2.75) is 31.7 Å². The molecular formula is C13H23N5. The fraction of sp³-hybridized carbons (Fsp3) is 0.692. The van der Waals surface area contributed by atoms with Crippen LogP contribution in [0.5, 0.6) is 0 Å². The molecule has 0 aliphatic heterocycles. The van der Waals surface area contributed by atoms with Gasteiger partial charge in [-0.1, -0.05) is 0 Å². The highest BCUT2D eigenvalue weighted by Crippen LogP contribution is 2.25. The standard InChI is InChI=1S/C13H23N5/c1-18(2)12-7-8-15-13(17-12)16-11-5-3-10(9-14)4-6-11/h7-8,10-11H,3-6,9,14H2,1-2H3,(H,15,16,17). The molecule has 1 heterocycles. The summed E-state index contributed by atoms with van der Waals surface area (Å²) in [6, 6.07) is 2.40. The topological polar surface area (TPSA) is 67.1 Å². The number of anilines is 2. The second-order valence-corrected chi connectivity index (χ2v) is 5.23. The minimum absolute atomic E-state index is 0.491. The first-order chi connectivity index (χ1) is 8.69. The molecule has 18 heavy (non-hydrogen) atoms. The Balaban J connectivity index is 1.92. The van der Waals surface area contributed by atoms with Gasteiger partial charge in [0.25, 0.3) is 0 Å². The Kier molecular flexibility index (Phi) is 4.36. The van der Waals surface area contributed by atoms with Crippen molar-refractivity contribution in [3.05, 3.63) is 12.3 Å². The Morgan fingerprint density at radius 2 is 2.06 bits per heavy atom. The Labute approximate surface area is 109 Å². The second-order valence-electron chi connectivity index (χ2n) is 5.23. The van der Waals surface area contributed by atoms with Crippen molar-refractivity contribution in [2.24, 2.45) is 11.7 Å². The van der Waals surface area contributed by atoms with Crippen molar-refractivity contribution in [1.82, 2.24) is 9.97 Å². The van der Waals surface area contributed by atoms with Crippen LogP contribution in [0.15, 0.2) is 12.3 Å². The SMILES string of the molecule is CN(C)c1ccnc(NC2CCC(CN)CC2)n1. The zero-order valence-corrected chi connectivity index (χ0v) is 11.3. The van der Waals surface area contributed by atoms with Crippen molar-refractivity contribution in [3.8, 4) is 0 Å². The lowest BCUT2D eigenvalue weighted by Gasteiger charge is -2.28. The molecule has 0 atom stereocenters. The van der Waals surface area contributed by atoms with Crippen molar-refractivity contribution in [2.75, 3.05) is 30.9 Å². The number of aromatic nitrogens is 2. The van der Waals surface area contributed by atoms with Gasteiger partial charge in [-0.25, -0.2) is 4.98 Å². The molecule has 0 spiro atoms. The van der Waals surface area contributed by atoms with Gasteiger partial charge in [-0.3, -0.25) is 0 Å². The maximum Gasteiger partial charge on any atom is 0.224 e. The van der Waals surface area contributed by atoms with Gasteiger partial charge in [-0.15, -0.1) is 0 Å². The van der Waals surface area contributed by atoms with E-state index in [1.807, 2.05) is 25.1 Å². The average Bonchev–Trinajstić information content (AvgIpc) is 2.40. The molecule has 1 fully saturated rings. The molecule has 0 radical (unpaired) electrons. The molecule has 1 saturated carbocycles. The highest BCUT2D eigenvalue weighted by atomic mass is 15.2. The maximum absolute atomic E-state index is 5.70. The molecule has 3 N–H and O–H groups in total. The minimum Gasteiger partial charge on any atom is -0.363 e. The molecule has 100 valence electrons. The first kappa shape index (κ1) is 13.1. The van der Waals surface area contributed by atoms with Gasteiger partial charge in [0.15, 0.2) is 0 Å². The number of nitrogens with one attached hydrogen (secondary N) is 1. The largest absolute Gasteiger partial charge is 0.363 e. The van der Waals surface area contributed by atoms with Crippen LogP contribution >= 0.6 is 0 Å². The summed E-state index contributed by atoms with van der Waals surface area (Å²) in [6.45, 7) is 0.819. The summed E-state index contributed by atoms with van der Waals surface area (Å²) in [5, 5.41) is 3.43. The van der Waals surface area contributed by atoms with E-state index in [4.69, 9.17) is 5.73 Å². The summed E-state index contributed by atoms with van der Waals surface area (Å²) in [6.07, 6.45) is 6.55. The number of rotatable bonds is 4. The van der Waals surface area contributed by atoms with Gasteiger partial charge < -0.3 is 16.0 Å². The Morgan fingerprint density at radius 3 is 2.67 bits per heavy atom. The first-order valence-corrected chi connectivity index (χ1v) is 6.66. The van der Waals surface area contributed by atoms with Gasteiger partial charge in [-0.2, -0.15) is 4.98 Å². The lowest BCUT2D eigenvalue weighted by molar-refractivity contribution is 0.344. The van der Waals surface area contributed by atoms with E-state index in [1.54, 1.807) is 6.20 Å². The lowest BCUT2D eigenvalue weighted by atomic mass is 9.86. The van der Waals surface area contributed by atoms with Crippen LogP contribution in [0.3, 0.4) is 0 Å². The Hall–Kier alpha value is -1.36. The molecular weight excluding hydrogens is 226 g/mol. The summed E-state index contributed by atoms with van der Waals surface area (Å²) >= 11 is 0. The molecule has 5 heteroatoms. The van der Waals surface area contributed by atoms with E-state index in [2.05, 4.69) is 15.3 Å². The van der Waals surface area contributed by atoms with Crippen LogP contribution in [0, 0.1) is 5.92 Å². The highest BCUT2D eigenvalue weighted by Gasteiger charge is 2.20. The molecule has 0 bridgehead atoms. The first-order valence-electron chi connectivity index (χ1n) is 6.66. The summed E-state index contributed by atoms with van der Waals surface area (Å²) < 4.78 is 0. The third-order valence-electron chi connectivity index (χ3n) is 3.61. The monoisotopic (exact) mass is 249 g/mol. The van der Waals surface area contributed by atoms with E-state index in [9.17, 15) is 0 Å². The quantitative estimate of drug-likeness (QED) is 0.846. The summed E-state index contributed by atoms with van der Waals surface area (Å²) in [7, 11) is 3.97. The smallest absolute Gasteiger partial charge is 0.224 e. The molecule has 2 rings (SSSR count). The summed E-state index contributed by atoms with van der Waals surface area (Å²) in [5.74, 6) is 2.37. The third-order valence-corrected chi connectivity index (χ3v) is 3.61. The maximum atomic E-state index is 5.70. The fourth-order valence-corrected chi connectivity index (χ4v) is 2.39. The van der Waals surface area contributed by atoms with Crippen LogP contribution in [-0.4, -0.2) is 36.6 Å². The minimum atomic E-state index is 0.491. The van der Waals surface area contributed by atoms with Crippen molar-refractivity contribution >= 4 is 11.8 Å². The number of hydrogen-bond acceptors (Lipinski definition) is 5. The normalized spacial score (nSPS) is 23.7. The molecule has 0 aromatic carbocycles. The fourth-order valence-electron chi connectivity index (χ4n) is 2.39. The third kappa shape index (κ3) is 3.32. The van der Waals surface area contributed by atoms with E-state index in [1.165, 1.54) is 12.8 Å². The van der Waals surface area contributed by atoms with Crippen molar-refractivity contribution in [1.29, 1.82) is 0 Å². The lowest BCUT2D eigenvalue weighted by Crippen LogP contribution is -2.29. The van der Waals surface area contributed by atoms with Gasteiger partial charge in [0.2, 0.25) is 5.95 Å². The molecule has 5 nitrogen and oxygen atoms in total. The van der Waals surface area contributed by atoms with Crippen LogP contribution in [0.25, 0.3) is 0 Å². The van der Waals surface area contributed by atoms with E-state index >= 15 is 0 Å². The highest BCUT2D eigenvalue weighted by molar-refractivity contribution is 5.41. The zero-order valence-electron chi connectivity index (χ0n) is 11.3. The van der Waals surface area contributed by atoms with Gasteiger partial charge in [0.05, 0.1) is 0 Å². The predicted octanol–water partition coefficient (Wildman–Crippen LogP) is 1.47. The molecule has 0 unspecified atom stereocenters. The van der Waals surface area contributed by atoms with Crippen molar-refractivity contribution in [3.63, 3.8) is 0 Å². The van der Waals surface area contributed by atoms with Crippen LogP contribution in [-0.2, 0) is 0 Å². The summed E-state index contributed by atoms with van der Waals surface area (Å²) in [5.41, 5.74) is 5.70. The van der Waals surface area contributed by atoms with Crippen molar-refractivity contribution < 1.29 is 0 Å². The molecule has 1 aliphatic carbocycles. The van der Waals surface area contributed by atoms with Gasteiger partial charge in [0.1, 0.15) is 5.82 Å². The number of nitrogens with two attached hydrogens (primary N) is 1. The van der Waals surface area contributed by atoms with Gasteiger partial charge >= 0.3 is 0 Å². The van der Waals surface area contributed by atoms with E-state index in [-0.39, 0.29) is 0 Å². The average molecular weight is 249 g/mol. The second kappa shape index (κ2) is 6.00. The number of nitrogens with zero attached hydrogens (tertiary/aromatic N) is 3. The Bertz CT molecular complexity index is 371. The van der Waals surface area contributed by atoms with E-state index in [0.29, 0.717) is 12.0 Å². The molecule has 0 saturated heterocycles. The van der Waals surface area contributed by atoms with E-state index in [0.717, 1.165) is 31.2 Å². The van der Waals surface area contributed by atoms with Crippen LogP contribution in [0.2, 0.25) is 0 Å². The van der Waals surface area contributed by atoms with Gasteiger partial charge in [0, 0.05) is 26.3 Å².